The first kappa shape index (κ1) is 25.6. The number of hydrogen-bond acceptors (Lipinski definition) is 8. The molecule has 1 saturated heterocycles. The molecule has 1 fully saturated rings. The first-order valence-corrected chi connectivity index (χ1v) is 10.9. The quantitative estimate of drug-likeness (QED) is 0.344. The summed E-state index contributed by atoms with van der Waals surface area (Å²) >= 11 is 0. The minimum atomic E-state index is -1.41. The predicted octanol–water partition coefficient (Wildman–Crippen LogP) is 0.0943. The predicted molar refractivity (Wildman–Crippen MR) is 120 cm³/mol. The second-order valence-electron chi connectivity index (χ2n) is 7.93. The lowest BCUT2D eigenvalue weighted by Gasteiger charge is -2.42. The first-order valence-electron chi connectivity index (χ1n) is 10.9. The minimum Gasteiger partial charge on any atom is -0.445 e. The second-order valence-corrected chi connectivity index (χ2v) is 7.93. The first-order chi connectivity index (χ1) is 16.4. The number of hydrogen-bond donors (Lipinski definition) is 5. The van der Waals surface area contributed by atoms with E-state index in [0.717, 1.165) is 11.1 Å². The van der Waals surface area contributed by atoms with Crippen LogP contribution in [0, 0.1) is 0 Å². The number of alkyl carbamates (subject to hydrolysis) is 1. The molecular weight excluding hydrogens is 444 g/mol. The van der Waals surface area contributed by atoms with Gasteiger partial charge in [0.2, 0.25) is 5.91 Å². The van der Waals surface area contributed by atoms with E-state index in [2.05, 4.69) is 10.6 Å². The molecule has 1 aliphatic rings. The van der Waals surface area contributed by atoms with Crippen molar-refractivity contribution in [3.8, 4) is 0 Å². The van der Waals surface area contributed by atoms with E-state index in [1.165, 1.54) is 7.11 Å². The van der Waals surface area contributed by atoms with E-state index < -0.39 is 55.3 Å². The zero-order valence-electron chi connectivity index (χ0n) is 18.7. The number of methoxy groups -OCH3 is 1. The molecule has 0 spiro atoms. The molecule has 1 heterocycles. The zero-order valence-corrected chi connectivity index (χ0v) is 18.7. The fraction of sp³-hybridized carbons (Fsp3) is 0.417. The maximum absolute atomic E-state index is 13.2. The summed E-state index contributed by atoms with van der Waals surface area (Å²) in [6.07, 6.45) is -5.71. The van der Waals surface area contributed by atoms with Crippen LogP contribution in [-0.2, 0) is 32.0 Å². The molecule has 10 nitrogen and oxygen atoms in total. The molecule has 2 amide bonds. The van der Waals surface area contributed by atoms with Gasteiger partial charge >= 0.3 is 6.09 Å². The third-order valence-electron chi connectivity index (χ3n) is 5.53. The summed E-state index contributed by atoms with van der Waals surface area (Å²) in [7, 11) is 1.29. The van der Waals surface area contributed by atoms with Gasteiger partial charge in [-0.3, -0.25) is 4.79 Å². The van der Waals surface area contributed by atoms with Crippen molar-refractivity contribution in [2.24, 2.45) is 0 Å². The van der Waals surface area contributed by atoms with Crippen molar-refractivity contribution in [2.45, 2.75) is 49.7 Å². The van der Waals surface area contributed by atoms with Crippen molar-refractivity contribution in [3.05, 3.63) is 71.8 Å². The van der Waals surface area contributed by atoms with Crippen LogP contribution in [0.15, 0.2) is 60.7 Å². The maximum Gasteiger partial charge on any atom is 0.408 e. The van der Waals surface area contributed by atoms with Crippen LogP contribution in [0.5, 0.6) is 0 Å². The van der Waals surface area contributed by atoms with Crippen LogP contribution < -0.4 is 10.6 Å². The fourth-order valence-corrected chi connectivity index (χ4v) is 3.68. The Balaban J connectivity index is 1.71. The van der Waals surface area contributed by atoms with Gasteiger partial charge in [-0.15, -0.1) is 0 Å². The smallest absolute Gasteiger partial charge is 0.408 e. The molecule has 0 saturated carbocycles. The summed E-state index contributed by atoms with van der Waals surface area (Å²) in [4.78, 5) is 25.6. The lowest BCUT2D eigenvalue weighted by molar-refractivity contribution is -0.271. The number of amides is 2. The van der Waals surface area contributed by atoms with E-state index in [-0.39, 0.29) is 13.0 Å². The molecular formula is C24H30N2O8. The number of aliphatic hydroxyl groups is 3. The summed E-state index contributed by atoms with van der Waals surface area (Å²) in [5, 5.41) is 35.6. The summed E-state index contributed by atoms with van der Waals surface area (Å²) in [6, 6.07) is 15.9. The van der Waals surface area contributed by atoms with Crippen molar-refractivity contribution in [2.75, 3.05) is 13.7 Å². The van der Waals surface area contributed by atoms with Crippen molar-refractivity contribution in [1.29, 1.82) is 0 Å². The van der Waals surface area contributed by atoms with Gasteiger partial charge in [0.25, 0.3) is 0 Å². The summed E-state index contributed by atoms with van der Waals surface area (Å²) in [5.74, 6) is -0.656. The summed E-state index contributed by atoms with van der Waals surface area (Å²) < 4.78 is 15.6. The third-order valence-corrected chi connectivity index (χ3v) is 5.53. The van der Waals surface area contributed by atoms with Crippen LogP contribution >= 0.6 is 0 Å². The molecule has 0 aromatic heterocycles. The Morgan fingerprint density at radius 2 is 1.62 bits per heavy atom. The van der Waals surface area contributed by atoms with Crippen LogP contribution in [0.1, 0.15) is 11.1 Å². The second kappa shape index (κ2) is 12.4. The molecule has 0 aliphatic carbocycles. The van der Waals surface area contributed by atoms with Crippen LogP contribution in [0.2, 0.25) is 0 Å². The van der Waals surface area contributed by atoms with E-state index in [1.807, 2.05) is 24.3 Å². The van der Waals surface area contributed by atoms with E-state index >= 15 is 0 Å². The highest BCUT2D eigenvalue weighted by Gasteiger charge is 2.45. The Morgan fingerprint density at radius 3 is 2.21 bits per heavy atom. The summed E-state index contributed by atoms with van der Waals surface area (Å²) in [6.45, 7) is -0.519. The van der Waals surface area contributed by atoms with Gasteiger partial charge in [-0.05, 0) is 11.1 Å². The van der Waals surface area contributed by atoms with Gasteiger partial charge in [0.05, 0.1) is 12.6 Å². The average molecular weight is 475 g/mol. The van der Waals surface area contributed by atoms with Crippen molar-refractivity contribution in [1.82, 2.24) is 10.6 Å². The van der Waals surface area contributed by atoms with Crippen molar-refractivity contribution >= 4 is 12.0 Å². The molecule has 0 radical (unpaired) electrons. The molecule has 184 valence electrons. The zero-order chi connectivity index (χ0) is 24.5. The average Bonchev–Trinajstić information content (AvgIpc) is 2.86. The molecule has 5 N–H and O–H groups in total. The van der Waals surface area contributed by atoms with Crippen molar-refractivity contribution in [3.63, 3.8) is 0 Å². The minimum absolute atomic E-state index is 0.0252. The van der Waals surface area contributed by atoms with E-state index in [4.69, 9.17) is 14.2 Å². The molecule has 0 unspecified atom stereocenters. The number of rotatable bonds is 9. The van der Waals surface area contributed by atoms with Gasteiger partial charge in [0.1, 0.15) is 31.0 Å². The molecule has 0 bridgehead atoms. The Labute approximate surface area is 197 Å². The molecule has 3 rings (SSSR count). The molecule has 6 atom stereocenters. The lowest BCUT2D eigenvalue weighted by atomic mass is 9.95. The largest absolute Gasteiger partial charge is 0.445 e. The van der Waals surface area contributed by atoms with E-state index in [9.17, 15) is 24.9 Å². The number of nitrogens with one attached hydrogen (secondary N) is 2. The Hall–Kier alpha value is -3.02. The van der Waals surface area contributed by atoms with E-state index in [1.54, 1.807) is 36.4 Å². The number of aliphatic hydroxyl groups excluding tert-OH is 3. The van der Waals surface area contributed by atoms with Gasteiger partial charge in [0, 0.05) is 13.5 Å². The topological polar surface area (TPSA) is 147 Å². The number of benzene rings is 2. The summed E-state index contributed by atoms with van der Waals surface area (Å²) in [5.41, 5.74) is 1.57. The van der Waals surface area contributed by atoms with Gasteiger partial charge in [-0.1, -0.05) is 60.7 Å². The van der Waals surface area contributed by atoms with Gasteiger partial charge in [-0.2, -0.15) is 0 Å². The van der Waals surface area contributed by atoms with E-state index in [0.29, 0.717) is 0 Å². The molecule has 1 aliphatic heterocycles. The van der Waals surface area contributed by atoms with Crippen LogP contribution in [0.4, 0.5) is 4.79 Å². The molecule has 10 heteroatoms. The maximum atomic E-state index is 13.2. The van der Waals surface area contributed by atoms with Crippen LogP contribution in [-0.4, -0.2) is 77.7 Å². The Morgan fingerprint density at radius 1 is 1.00 bits per heavy atom. The Kier molecular flexibility index (Phi) is 9.37. The normalized spacial score (nSPS) is 25.2. The van der Waals surface area contributed by atoms with Gasteiger partial charge in [0.15, 0.2) is 6.29 Å². The third kappa shape index (κ3) is 6.75. The highest BCUT2D eigenvalue weighted by Crippen LogP contribution is 2.22. The fourth-order valence-electron chi connectivity index (χ4n) is 3.68. The molecule has 34 heavy (non-hydrogen) atoms. The SMILES string of the molecule is CO[C@H]1O[C@@H](CO)[C@@H](O)[C@@H](NC(=O)[C@@H](Cc2ccccc2)NC(=O)OCc2ccccc2)[C@@H]1O. The highest BCUT2D eigenvalue weighted by molar-refractivity contribution is 5.86. The van der Waals surface area contributed by atoms with Crippen LogP contribution in [0.3, 0.4) is 0 Å². The number of ether oxygens (including phenoxy) is 3. The van der Waals surface area contributed by atoms with Gasteiger partial charge in [-0.25, -0.2) is 4.79 Å². The Bertz CT molecular complexity index is 898. The monoisotopic (exact) mass is 474 g/mol. The lowest BCUT2D eigenvalue weighted by Crippen LogP contribution is -2.66. The van der Waals surface area contributed by atoms with Gasteiger partial charge < -0.3 is 40.2 Å². The van der Waals surface area contributed by atoms with Crippen LogP contribution in [0.25, 0.3) is 0 Å². The highest BCUT2D eigenvalue weighted by atomic mass is 16.7. The standard InChI is InChI=1S/C24H30N2O8/c1-32-23-21(29)19(20(28)18(13-27)34-23)26-22(30)17(12-15-8-4-2-5-9-15)25-24(31)33-14-16-10-6-3-7-11-16/h2-11,17-21,23,27-29H,12-14H2,1H3,(H,25,31)(H,26,30)/t17-,18+,19-,20-,21+,23+/m1/s1. The van der Waals surface area contributed by atoms with Crippen molar-refractivity contribution < 1.29 is 39.1 Å². The molecule has 2 aromatic rings. The molecule has 2 aromatic carbocycles. The number of carbonyl (C=O) groups excluding carboxylic acids is 2. The number of carbonyl (C=O) groups is 2.